The van der Waals surface area contributed by atoms with E-state index in [1.165, 1.54) is 0 Å². The van der Waals surface area contributed by atoms with E-state index in [-0.39, 0.29) is 6.17 Å². The van der Waals surface area contributed by atoms with Gasteiger partial charge in [-0.25, -0.2) is 9.97 Å². The molecule has 0 unspecified atom stereocenters. The smallest absolute Gasteiger partial charge is 0.150 e. The van der Waals surface area contributed by atoms with Crippen LogP contribution in [0.1, 0.15) is 22.1 Å². The maximum absolute atomic E-state index is 10.8. The zero-order chi connectivity index (χ0) is 15.9. The van der Waals surface area contributed by atoms with Crippen molar-refractivity contribution in [3.05, 3.63) is 84.2 Å². The Balaban J connectivity index is 1.86. The van der Waals surface area contributed by atoms with E-state index in [1.807, 2.05) is 48.5 Å². The van der Waals surface area contributed by atoms with Crippen LogP contribution < -0.4 is 10.6 Å². The summed E-state index contributed by atoms with van der Waals surface area (Å²) in [5.74, 6) is 1.50. The van der Waals surface area contributed by atoms with E-state index in [0.717, 1.165) is 23.5 Å². The van der Waals surface area contributed by atoms with Crippen LogP contribution in [-0.2, 0) is 0 Å². The summed E-state index contributed by atoms with van der Waals surface area (Å²) in [6, 6.07) is 18.7. The van der Waals surface area contributed by atoms with Crippen LogP contribution in [0, 0.1) is 0 Å². The molecule has 0 saturated carbocycles. The first-order chi connectivity index (χ1) is 11.3. The highest BCUT2D eigenvalue weighted by Crippen LogP contribution is 2.20. The van der Waals surface area contributed by atoms with Gasteiger partial charge in [0.25, 0.3) is 0 Å². The van der Waals surface area contributed by atoms with Gasteiger partial charge in [0.05, 0.1) is 0 Å². The molecule has 0 radical (unpaired) electrons. The van der Waals surface area contributed by atoms with Gasteiger partial charge in [0.15, 0.2) is 0 Å². The summed E-state index contributed by atoms with van der Waals surface area (Å²) < 4.78 is 0. The van der Waals surface area contributed by atoms with Crippen molar-refractivity contribution in [2.75, 3.05) is 10.6 Å². The van der Waals surface area contributed by atoms with Crippen LogP contribution in [0.2, 0.25) is 0 Å². The summed E-state index contributed by atoms with van der Waals surface area (Å²) in [5, 5.41) is 6.66. The third-order valence-corrected chi connectivity index (χ3v) is 3.32. The summed E-state index contributed by atoms with van der Waals surface area (Å²) in [4.78, 5) is 19.4. The van der Waals surface area contributed by atoms with Gasteiger partial charge in [-0.1, -0.05) is 36.4 Å². The molecule has 5 nitrogen and oxygen atoms in total. The summed E-state index contributed by atoms with van der Waals surface area (Å²) in [5.41, 5.74) is 1.62. The molecule has 0 bridgehead atoms. The van der Waals surface area contributed by atoms with Crippen LogP contribution in [0.5, 0.6) is 0 Å². The third kappa shape index (κ3) is 3.91. The molecule has 3 aromatic rings. The predicted octanol–water partition coefficient (Wildman–Crippen LogP) is 3.51. The van der Waals surface area contributed by atoms with E-state index >= 15 is 0 Å². The minimum Gasteiger partial charge on any atom is -0.346 e. The molecule has 2 aromatic heterocycles. The first-order valence-corrected chi connectivity index (χ1v) is 7.25. The average molecular weight is 304 g/mol. The molecule has 0 atom stereocenters. The largest absolute Gasteiger partial charge is 0.346 e. The molecule has 0 spiro atoms. The molecule has 2 N–H and O–H groups in total. The SMILES string of the molecule is O=Cc1ccc(C(Nc2ccccn2)Nc2ccccn2)cc1. The van der Waals surface area contributed by atoms with Crippen molar-refractivity contribution < 1.29 is 4.79 Å². The number of carbonyl (C=O) groups excluding carboxylic acids is 1. The van der Waals surface area contributed by atoms with E-state index in [1.54, 1.807) is 24.5 Å². The predicted molar refractivity (Wildman–Crippen MR) is 90.3 cm³/mol. The Bertz CT molecular complexity index is 703. The lowest BCUT2D eigenvalue weighted by Crippen LogP contribution is -2.21. The van der Waals surface area contributed by atoms with Crippen LogP contribution in [0.3, 0.4) is 0 Å². The van der Waals surface area contributed by atoms with Crippen molar-refractivity contribution >= 4 is 17.9 Å². The van der Waals surface area contributed by atoms with Crippen molar-refractivity contribution in [3.8, 4) is 0 Å². The van der Waals surface area contributed by atoms with Crippen molar-refractivity contribution in [2.45, 2.75) is 6.17 Å². The minimum atomic E-state index is -0.222. The molecule has 3 rings (SSSR count). The van der Waals surface area contributed by atoms with Crippen molar-refractivity contribution in [1.29, 1.82) is 0 Å². The van der Waals surface area contributed by atoms with Gasteiger partial charge in [-0.3, -0.25) is 4.79 Å². The Morgan fingerprint density at radius 2 is 1.35 bits per heavy atom. The highest BCUT2D eigenvalue weighted by molar-refractivity contribution is 5.74. The number of hydrogen-bond acceptors (Lipinski definition) is 5. The topological polar surface area (TPSA) is 66.9 Å². The fourth-order valence-corrected chi connectivity index (χ4v) is 2.16. The van der Waals surface area contributed by atoms with Crippen LogP contribution in [0.4, 0.5) is 11.6 Å². The maximum atomic E-state index is 10.8. The van der Waals surface area contributed by atoms with Gasteiger partial charge in [0.2, 0.25) is 0 Å². The zero-order valence-electron chi connectivity index (χ0n) is 12.4. The number of aldehydes is 1. The number of hydrogen-bond donors (Lipinski definition) is 2. The Morgan fingerprint density at radius 1 is 0.783 bits per heavy atom. The fourth-order valence-electron chi connectivity index (χ4n) is 2.16. The summed E-state index contributed by atoms with van der Waals surface area (Å²) in [7, 11) is 0. The number of nitrogens with one attached hydrogen (secondary N) is 2. The van der Waals surface area contributed by atoms with Gasteiger partial charge in [-0.05, 0) is 29.8 Å². The fraction of sp³-hybridized carbons (Fsp3) is 0.0556. The Hall–Kier alpha value is -3.21. The van der Waals surface area contributed by atoms with Gasteiger partial charge < -0.3 is 10.6 Å². The van der Waals surface area contributed by atoms with Crippen molar-refractivity contribution in [3.63, 3.8) is 0 Å². The molecule has 0 amide bonds. The van der Waals surface area contributed by atoms with Gasteiger partial charge in [-0.15, -0.1) is 0 Å². The molecule has 5 heteroatoms. The molecule has 0 aliphatic carbocycles. The van der Waals surface area contributed by atoms with E-state index in [4.69, 9.17) is 0 Å². The molecule has 0 saturated heterocycles. The van der Waals surface area contributed by atoms with Gasteiger partial charge in [0, 0.05) is 18.0 Å². The van der Waals surface area contributed by atoms with Crippen molar-refractivity contribution in [1.82, 2.24) is 9.97 Å². The summed E-state index contributed by atoms with van der Waals surface area (Å²) >= 11 is 0. The second-order valence-corrected chi connectivity index (χ2v) is 4.94. The molecular formula is C18H16N4O. The molecule has 2 heterocycles. The first-order valence-electron chi connectivity index (χ1n) is 7.25. The summed E-state index contributed by atoms with van der Waals surface area (Å²) in [6.07, 6.45) is 4.07. The number of nitrogens with zero attached hydrogens (tertiary/aromatic N) is 2. The Kier molecular flexibility index (Phi) is 4.59. The molecule has 23 heavy (non-hydrogen) atoms. The Morgan fingerprint density at radius 3 is 1.78 bits per heavy atom. The van der Waals surface area contributed by atoms with Crippen LogP contribution in [0.15, 0.2) is 73.1 Å². The molecule has 0 aliphatic rings. The minimum absolute atomic E-state index is 0.222. The molecular weight excluding hydrogens is 288 g/mol. The number of rotatable bonds is 6. The number of anilines is 2. The van der Waals surface area contributed by atoms with Crippen LogP contribution in [-0.4, -0.2) is 16.3 Å². The zero-order valence-corrected chi connectivity index (χ0v) is 12.4. The van der Waals surface area contributed by atoms with Crippen LogP contribution >= 0.6 is 0 Å². The molecule has 0 aliphatic heterocycles. The number of benzene rings is 1. The standard InChI is InChI=1S/C18H16N4O/c23-13-14-7-9-15(10-8-14)18(21-16-5-1-3-11-19-16)22-17-6-2-4-12-20-17/h1-13,18H,(H,19,21)(H,20,22). The first kappa shape index (κ1) is 14.7. The van der Waals surface area contributed by atoms with Crippen LogP contribution in [0.25, 0.3) is 0 Å². The monoisotopic (exact) mass is 304 g/mol. The van der Waals surface area contributed by atoms with E-state index < -0.39 is 0 Å². The number of carbonyl (C=O) groups is 1. The third-order valence-electron chi connectivity index (χ3n) is 3.32. The second-order valence-electron chi connectivity index (χ2n) is 4.94. The number of aromatic nitrogens is 2. The molecule has 0 fully saturated rings. The van der Waals surface area contributed by atoms with Crippen molar-refractivity contribution in [2.24, 2.45) is 0 Å². The van der Waals surface area contributed by atoms with Gasteiger partial charge in [0.1, 0.15) is 24.1 Å². The molecule has 1 aromatic carbocycles. The van der Waals surface area contributed by atoms with Gasteiger partial charge >= 0.3 is 0 Å². The number of pyridine rings is 2. The highest BCUT2D eigenvalue weighted by atomic mass is 16.1. The van der Waals surface area contributed by atoms with Gasteiger partial charge in [-0.2, -0.15) is 0 Å². The lowest BCUT2D eigenvalue weighted by atomic mass is 10.1. The summed E-state index contributed by atoms with van der Waals surface area (Å²) in [6.45, 7) is 0. The second kappa shape index (κ2) is 7.17. The highest BCUT2D eigenvalue weighted by Gasteiger charge is 2.12. The van der Waals surface area contributed by atoms with E-state index in [0.29, 0.717) is 5.56 Å². The lowest BCUT2D eigenvalue weighted by molar-refractivity contribution is 0.112. The average Bonchev–Trinajstić information content (AvgIpc) is 2.63. The Labute approximate surface area is 134 Å². The van der Waals surface area contributed by atoms with E-state index in [2.05, 4.69) is 20.6 Å². The molecule has 114 valence electrons. The normalized spacial score (nSPS) is 10.3. The van der Waals surface area contributed by atoms with E-state index in [9.17, 15) is 4.79 Å². The lowest BCUT2D eigenvalue weighted by Gasteiger charge is -2.22. The maximum Gasteiger partial charge on any atom is 0.150 e. The quantitative estimate of drug-likeness (QED) is 0.539.